The van der Waals surface area contributed by atoms with Crippen molar-refractivity contribution in [1.82, 2.24) is 4.72 Å². The average Bonchev–Trinajstić information content (AvgIpc) is 3.05. The number of unbranched alkanes of at least 4 members (excludes halogenated alkanes) is 3. The number of ether oxygens (including phenoxy) is 1. The van der Waals surface area contributed by atoms with Gasteiger partial charge in [0.15, 0.2) is 22.9 Å². The third-order valence-electron chi connectivity index (χ3n) is 3.91. The number of furan rings is 1. The minimum absolute atomic E-state index is 0.00159. The van der Waals surface area contributed by atoms with Crippen LogP contribution in [0.25, 0.3) is 11.0 Å². The fourth-order valence-corrected chi connectivity index (χ4v) is 3.70. The first kappa shape index (κ1) is 20.9. The summed E-state index contributed by atoms with van der Waals surface area (Å²) >= 11 is 0. The number of hydrogen-bond donors (Lipinski definition) is 2. The summed E-state index contributed by atoms with van der Waals surface area (Å²) in [5.74, 6) is -1.33. The van der Waals surface area contributed by atoms with Gasteiger partial charge in [-0.1, -0.05) is 26.2 Å². The summed E-state index contributed by atoms with van der Waals surface area (Å²) in [5.41, 5.74) is 0.147. The Labute approximate surface area is 157 Å². The van der Waals surface area contributed by atoms with E-state index >= 15 is 0 Å². The molecule has 1 heterocycles. The molecule has 0 aliphatic rings. The first-order valence-corrected chi connectivity index (χ1v) is 10.2. The maximum absolute atomic E-state index is 12.4. The quantitative estimate of drug-likeness (QED) is 0.441. The van der Waals surface area contributed by atoms with Crippen LogP contribution >= 0.6 is 0 Å². The Bertz CT molecular complexity index is 931. The van der Waals surface area contributed by atoms with Crippen molar-refractivity contribution in [2.75, 3.05) is 13.2 Å². The van der Waals surface area contributed by atoms with Gasteiger partial charge in [-0.3, -0.25) is 9.59 Å². The van der Waals surface area contributed by atoms with Crippen molar-refractivity contribution in [2.24, 2.45) is 0 Å². The molecule has 148 valence electrons. The van der Waals surface area contributed by atoms with E-state index in [-0.39, 0.29) is 27.4 Å². The van der Waals surface area contributed by atoms with Crippen molar-refractivity contribution in [3.63, 3.8) is 0 Å². The number of carbonyl (C=O) groups excluding carboxylic acids is 1. The average molecular weight is 397 g/mol. The predicted molar refractivity (Wildman–Crippen MR) is 98.7 cm³/mol. The third-order valence-corrected chi connectivity index (χ3v) is 5.37. The molecular weight excluding hydrogens is 374 g/mol. The number of fused-ring (bicyclic) bond motifs is 1. The monoisotopic (exact) mass is 397 g/mol. The number of ketones is 1. The van der Waals surface area contributed by atoms with Gasteiger partial charge >= 0.3 is 5.97 Å². The van der Waals surface area contributed by atoms with E-state index in [0.717, 1.165) is 25.7 Å². The van der Waals surface area contributed by atoms with Crippen LogP contribution in [-0.2, 0) is 14.8 Å². The van der Waals surface area contributed by atoms with E-state index in [1.807, 2.05) is 4.72 Å². The smallest absolute Gasteiger partial charge is 0.318 e. The van der Waals surface area contributed by atoms with Gasteiger partial charge in [0.25, 0.3) is 0 Å². The number of aliphatic carboxylic acids is 1. The first-order valence-electron chi connectivity index (χ1n) is 8.68. The Morgan fingerprint density at radius 1 is 1.22 bits per heavy atom. The maximum atomic E-state index is 12.4. The summed E-state index contributed by atoms with van der Waals surface area (Å²) in [6.45, 7) is 3.10. The van der Waals surface area contributed by atoms with Gasteiger partial charge in [-0.25, -0.2) is 8.42 Å². The fraction of sp³-hybridized carbons (Fsp3) is 0.444. The van der Waals surface area contributed by atoms with E-state index in [9.17, 15) is 18.0 Å². The summed E-state index contributed by atoms with van der Waals surface area (Å²) in [4.78, 5) is 22.2. The molecule has 0 fully saturated rings. The van der Waals surface area contributed by atoms with Crippen molar-refractivity contribution >= 4 is 32.7 Å². The van der Waals surface area contributed by atoms with Crippen molar-refractivity contribution in [3.8, 4) is 5.75 Å². The lowest BCUT2D eigenvalue weighted by atomic mass is 10.2. The van der Waals surface area contributed by atoms with Crippen molar-refractivity contribution in [2.45, 2.75) is 44.4 Å². The number of carboxylic acid groups (broad SMARTS) is 1. The molecule has 2 aromatic rings. The number of carboxylic acids is 1. The standard InChI is InChI=1S/C18H23NO7S/c1-3-4-5-6-9-25-14-7-8-16(27(23,24)19-11-17(21)22)13-10-15(12(2)20)26-18(13)14/h7-8,10,19H,3-6,9,11H2,1-2H3,(H,21,22). The second kappa shape index (κ2) is 9.01. The van der Waals surface area contributed by atoms with E-state index in [0.29, 0.717) is 12.4 Å². The number of carbonyl (C=O) groups is 2. The molecule has 0 atom stereocenters. The predicted octanol–water partition coefficient (Wildman–Crippen LogP) is 2.96. The molecule has 9 heteroatoms. The molecule has 0 amide bonds. The van der Waals surface area contributed by atoms with Gasteiger partial charge in [-0.15, -0.1) is 0 Å². The molecular formula is C18H23NO7S. The lowest BCUT2D eigenvalue weighted by Gasteiger charge is -2.10. The van der Waals surface area contributed by atoms with Crippen LogP contribution in [0, 0.1) is 0 Å². The number of sulfonamides is 1. The second-order valence-corrected chi connectivity index (χ2v) is 7.83. The summed E-state index contributed by atoms with van der Waals surface area (Å²) in [6.07, 6.45) is 4.05. The number of hydrogen-bond acceptors (Lipinski definition) is 6. The molecule has 0 saturated heterocycles. The largest absolute Gasteiger partial charge is 0.490 e. The van der Waals surface area contributed by atoms with Gasteiger partial charge in [-0.2, -0.15) is 4.72 Å². The van der Waals surface area contributed by atoms with Crippen LogP contribution in [0.15, 0.2) is 27.5 Å². The normalized spacial score (nSPS) is 11.6. The second-order valence-electron chi connectivity index (χ2n) is 6.10. The maximum Gasteiger partial charge on any atom is 0.318 e. The van der Waals surface area contributed by atoms with Crippen LogP contribution in [0.3, 0.4) is 0 Å². The Morgan fingerprint density at radius 2 is 1.96 bits per heavy atom. The highest BCUT2D eigenvalue weighted by atomic mass is 32.2. The van der Waals surface area contributed by atoms with Gasteiger partial charge < -0.3 is 14.3 Å². The van der Waals surface area contributed by atoms with Gasteiger partial charge in [-0.05, 0) is 24.6 Å². The summed E-state index contributed by atoms with van der Waals surface area (Å²) < 4.78 is 38.1. The van der Waals surface area contributed by atoms with Gasteiger partial charge in [0, 0.05) is 12.3 Å². The molecule has 1 aromatic carbocycles. The number of rotatable bonds is 11. The van der Waals surface area contributed by atoms with E-state index in [1.54, 1.807) is 0 Å². The molecule has 8 nitrogen and oxygen atoms in total. The molecule has 0 radical (unpaired) electrons. The molecule has 2 N–H and O–H groups in total. The molecule has 27 heavy (non-hydrogen) atoms. The molecule has 0 saturated carbocycles. The summed E-state index contributed by atoms with van der Waals surface area (Å²) in [5, 5.41) is 8.88. The number of nitrogens with one attached hydrogen (secondary N) is 1. The molecule has 0 unspecified atom stereocenters. The Balaban J connectivity index is 2.38. The molecule has 0 aliphatic heterocycles. The van der Waals surface area contributed by atoms with Crippen molar-refractivity contribution < 1.29 is 32.3 Å². The van der Waals surface area contributed by atoms with Gasteiger partial charge in [0.05, 0.1) is 11.5 Å². The van der Waals surface area contributed by atoms with Gasteiger partial charge in [0.1, 0.15) is 6.54 Å². The van der Waals surface area contributed by atoms with E-state index in [1.165, 1.54) is 25.1 Å². The van der Waals surface area contributed by atoms with Crippen LogP contribution in [0.4, 0.5) is 0 Å². The highest BCUT2D eigenvalue weighted by molar-refractivity contribution is 7.89. The van der Waals surface area contributed by atoms with Crippen LogP contribution < -0.4 is 9.46 Å². The Morgan fingerprint density at radius 3 is 2.59 bits per heavy atom. The topological polar surface area (TPSA) is 123 Å². The first-order chi connectivity index (χ1) is 12.8. The van der Waals surface area contributed by atoms with Crippen LogP contribution in [0.1, 0.15) is 50.1 Å². The SMILES string of the molecule is CCCCCCOc1ccc(S(=O)(=O)NCC(=O)O)c2cc(C(C)=O)oc12. The Hall–Kier alpha value is -2.39. The van der Waals surface area contributed by atoms with Crippen LogP contribution in [0.5, 0.6) is 5.75 Å². The van der Waals surface area contributed by atoms with Crippen LogP contribution in [-0.4, -0.2) is 38.4 Å². The van der Waals surface area contributed by atoms with E-state index < -0.39 is 22.5 Å². The van der Waals surface area contributed by atoms with Gasteiger partial charge in [0.2, 0.25) is 10.0 Å². The zero-order chi connectivity index (χ0) is 20.0. The third kappa shape index (κ3) is 5.30. The fourth-order valence-electron chi connectivity index (χ4n) is 2.54. The number of benzene rings is 1. The zero-order valence-electron chi connectivity index (χ0n) is 15.3. The van der Waals surface area contributed by atoms with Crippen LogP contribution in [0.2, 0.25) is 0 Å². The molecule has 0 spiro atoms. The summed E-state index contributed by atoms with van der Waals surface area (Å²) in [6, 6.07) is 4.09. The molecule has 0 bridgehead atoms. The summed E-state index contributed by atoms with van der Waals surface area (Å²) in [7, 11) is -4.10. The highest BCUT2D eigenvalue weighted by Crippen LogP contribution is 2.34. The van der Waals surface area contributed by atoms with E-state index in [4.69, 9.17) is 14.3 Å². The minimum Gasteiger partial charge on any atom is -0.490 e. The lowest BCUT2D eigenvalue weighted by Crippen LogP contribution is -2.29. The molecule has 1 aromatic heterocycles. The lowest BCUT2D eigenvalue weighted by molar-refractivity contribution is -0.135. The molecule has 2 rings (SSSR count). The van der Waals surface area contributed by atoms with Crippen molar-refractivity contribution in [1.29, 1.82) is 0 Å². The minimum atomic E-state index is -4.10. The van der Waals surface area contributed by atoms with E-state index in [2.05, 4.69) is 6.92 Å². The van der Waals surface area contributed by atoms with Crippen molar-refractivity contribution in [3.05, 3.63) is 24.0 Å². The molecule has 0 aliphatic carbocycles. The highest BCUT2D eigenvalue weighted by Gasteiger charge is 2.23. The zero-order valence-corrected chi connectivity index (χ0v) is 16.1. The Kier molecular flexibility index (Phi) is 6.98. The number of Topliss-reactive ketones (excluding diaryl/α,β-unsaturated/α-hetero) is 1.